The van der Waals surface area contributed by atoms with Crippen LogP contribution in [0.15, 0.2) is 11.3 Å². The average Bonchev–Trinajstić information content (AvgIpc) is 3.44. The van der Waals surface area contributed by atoms with E-state index in [0.29, 0.717) is 23.3 Å². The van der Waals surface area contributed by atoms with Crippen molar-refractivity contribution in [3.05, 3.63) is 11.3 Å². The second-order valence-corrected chi connectivity index (χ2v) is 10.1. The predicted octanol–water partition coefficient (Wildman–Crippen LogP) is 2.59. The normalized spacial score (nSPS) is 55.0. The summed E-state index contributed by atoms with van der Waals surface area (Å²) < 4.78 is 31.4. The van der Waals surface area contributed by atoms with Crippen molar-refractivity contribution in [2.45, 2.75) is 88.2 Å². The summed E-state index contributed by atoms with van der Waals surface area (Å²) in [6, 6.07) is 0.430. The summed E-state index contributed by atoms with van der Waals surface area (Å²) in [5.74, 6) is -1.11. The minimum Gasteiger partial charge on any atom is -0.496 e. The predicted molar refractivity (Wildman–Crippen MR) is 106 cm³/mol. The van der Waals surface area contributed by atoms with Gasteiger partial charge in [-0.15, -0.1) is 0 Å². The number of nitrogens with zero attached hydrogens (tertiary/aromatic N) is 1. The summed E-state index contributed by atoms with van der Waals surface area (Å²) in [4.78, 5) is 15.2. The number of cyclic esters (lactones) is 1. The third-order valence-electron chi connectivity index (χ3n) is 9.37. The van der Waals surface area contributed by atoms with Gasteiger partial charge in [-0.25, -0.2) is 4.79 Å². The Morgan fingerprint density at radius 1 is 1.30 bits per heavy atom. The largest absolute Gasteiger partial charge is 0.496 e. The third kappa shape index (κ3) is 1.84. The summed E-state index contributed by atoms with van der Waals surface area (Å²) >= 11 is 0. The molecule has 0 aromatic rings. The molecular formula is C23H33NO6. The Balaban J connectivity index is 1.45. The molecule has 0 N–H and O–H groups in total. The summed E-state index contributed by atoms with van der Waals surface area (Å²) in [7, 11) is 3.23. The van der Waals surface area contributed by atoms with Crippen molar-refractivity contribution in [3.8, 4) is 0 Å². The van der Waals surface area contributed by atoms with Gasteiger partial charge in [-0.05, 0) is 32.7 Å². The SMILES string of the molecule is CCCC[C@@]12[C@@H]3C[C@H]4[C@H]5[C@H](C)[C@](OC)(C6OC(=O)C(C)=C6OC)O[C@]5(O3)[C@@H]1CCN42. The molecule has 166 valence electrons. The first-order valence-corrected chi connectivity index (χ1v) is 11.6. The number of fused-ring (bicyclic) bond motifs is 1. The lowest BCUT2D eigenvalue weighted by Crippen LogP contribution is -2.61. The zero-order chi connectivity index (χ0) is 21.1. The van der Waals surface area contributed by atoms with E-state index in [1.165, 1.54) is 19.3 Å². The van der Waals surface area contributed by atoms with Crippen LogP contribution in [0.5, 0.6) is 0 Å². The third-order valence-corrected chi connectivity index (χ3v) is 9.37. The maximum Gasteiger partial charge on any atom is 0.338 e. The molecule has 30 heavy (non-hydrogen) atoms. The fourth-order valence-electron chi connectivity index (χ4n) is 8.36. The van der Waals surface area contributed by atoms with Crippen molar-refractivity contribution in [2.24, 2.45) is 17.8 Å². The number of piperidine rings is 1. The van der Waals surface area contributed by atoms with Gasteiger partial charge in [0.1, 0.15) is 0 Å². The zero-order valence-corrected chi connectivity index (χ0v) is 18.6. The van der Waals surface area contributed by atoms with Gasteiger partial charge < -0.3 is 23.7 Å². The van der Waals surface area contributed by atoms with Gasteiger partial charge >= 0.3 is 5.97 Å². The van der Waals surface area contributed by atoms with E-state index in [2.05, 4.69) is 18.7 Å². The van der Waals surface area contributed by atoms with E-state index in [4.69, 9.17) is 23.7 Å². The van der Waals surface area contributed by atoms with Gasteiger partial charge in [0.05, 0.1) is 24.3 Å². The highest BCUT2D eigenvalue weighted by atomic mass is 16.8. The number of esters is 1. The molecule has 6 aliphatic heterocycles. The van der Waals surface area contributed by atoms with Crippen molar-refractivity contribution in [1.82, 2.24) is 4.90 Å². The maximum atomic E-state index is 12.4. The van der Waals surface area contributed by atoms with Gasteiger partial charge in [0.25, 0.3) is 0 Å². The molecule has 1 spiro atoms. The Hall–Kier alpha value is -1.15. The second-order valence-electron chi connectivity index (χ2n) is 10.1. The molecule has 5 fully saturated rings. The van der Waals surface area contributed by atoms with Crippen molar-refractivity contribution in [1.29, 1.82) is 0 Å². The highest BCUT2D eigenvalue weighted by molar-refractivity contribution is 5.91. The molecule has 0 radical (unpaired) electrons. The van der Waals surface area contributed by atoms with Crippen molar-refractivity contribution in [2.75, 3.05) is 20.8 Å². The van der Waals surface area contributed by atoms with Gasteiger partial charge in [0.15, 0.2) is 11.5 Å². The van der Waals surface area contributed by atoms with Crippen molar-refractivity contribution >= 4 is 5.97 Å². The van der Waals surface area contributed by atoms with E-state index in [1.54, 1.807) is 21.1 Å². The monoisotopic (exact) mass is 419 g/mol. The van der Waals surface area contributed by atoms with Gasteiger partial charge in [0, 0.05) is 30.9 Å². The Kier molecular flexibility index (Phi) is 3.91. The van der Waals surface area contributed by atoms with E-state index >= 15 is 0 Å². The van der Waals surface area contributed by atoms with E-state index in [-0.39, 0.29) is 29.4 Å². The first-order valence-electron chi connectivity index (χ1n) is 11.6. The van der Waals surface area contributed by atoms with Crippen molar-refractivity contribution in [3.63, 3.8) is 0 Å². The Morgan fingerprint density at radius 2 is 2.10 bits per heavy atom. The molecule has 0 aromatic heterocycles. The van der Waals surface area contributed by atoms with Crippen molar-refractivity contribution < 1.29 is 28.5 Å². The molecule has 6 aliphatic rings. The first kappa shape index (κ1) is 19.5. The highest BCUT2D eigenvalue weighted by Crippen LogP contribution is 2.74. The minimum atomic E-state index is -1.11. The van der Waals surface area contributed by atoms with Crippen LogP contribution < -0.4 is 0 Å². The number of hydrogen-bond acceptors (Lipinski definition) is 7. The molecule has 7 heteroatoms. The quantitative estimate of drug-likeness (QED) is 0.613. The molecule has 10 atom stereocenters. The molecule has 2 unspecified atom stereocenters. The smallest absolute Gasteiger partial charge is 0.338 e. The van der Waals surface area contributed by atoms with Crippen LogP contribution in [0.1, 0.15) is 52.9 Å². The Labute approximate surface area is 178 Å². The Bertz CT molecular complexity index is 829. The molecule has 5 saturated heterocycles. The van der Waals surface area contributed by atoms with Crippen LogP contribution in [0.4, 0.5) is 0 Å². The first-order chi connectivity index (χ1) is 14.4. The van der Waals surface area contributed by atoms with E-state index in [0.717, 1.165) is 19.4 Å². The summed E-state index contributed by atoms with van der Waals surface area (Å²) in [5, 5.41) is 0. The standard InChI is InChI=1S/C23H33NO6/c1-6-7-9-21-15-8-10-24(21)14-11-16(21)29-23(15)17(14)13(3)22(27-5,30-23)19-18(26-4)12(2)20(25)28-19/h13-17,19H,6-11H2,1-5H3/t13-,14-,15+,16-,17+,19?,21-,22+,23+/m0/s1. The van der Waals surface area contributed by atoms with E-state index in [1.807, 2.05) is 0 Å². The van der Waals surface area contributed by atoms with Gasteiger partial charge in [-0.1, -0.05) is 26.7 Å². The summed E-state index contributed by atoms with van der Waals surface area (Å²) in [5.41, 5.74) is 0.587. The molecular weight excluding hydrogens is 386 g/mol. The molecule has 5 bridgehead atoms. The van der Waals surface area contributed by atoms with Crippen LogP contribution in [-0.4, -0.2) is 67.0 Å². The van der Waals surface area contributed by atoms with Crippen LogP contribution in [0.25, 0.3) is 0 Å². The molecule has 0 saturated carbocycles. The van der Waals surface area contributed by atoms with Gasteiger partial charge in [-0.2, -0.15) is 0 Å². The van der Waals surface area contributed by atoms with Crippen LogP contribution in [0, 0.1) is 17.8 Å². The molecule has 7 nitrogen and oxygen atoms in total. The molecule has 6 heterocycles. The molecule has 6 rings (SSSR count). The van der Waals surface area contributed by atoms with Crippen LogP contribution >= 0.6 is 0 Å². The lowest BCUT2D eigenvalue weighted by Gasteiger charge is -2.48. The van der Waals surface area contributed by atoms with Crippen LogP contribution in [0.2, 0.25) is 0 Å². The Morgan fingerprint density at radius 3 is 2.80 bits per heavy atom. The lowest BCUT2D eigenvalue weighted by molar-refractivity contribution is -0.355. The molecule has 0 amide bonds. The zero-order valence-electron chi connectivity index (χ0n) is 18.6. The number of carbonyl (C=O) groups is 1. The highest BCUT2D eigenvalue weighted by Gasteiger charge is 2.86. The van der Waals surface area contributed by atoms with Crippen LogP contribution in [0.3, 0.4) is 0 Å². The second kappa shape index (κ2) is 6.00. The number of carbonyl (C=O) groups excluding carboxylic acids is 1. The van der Waals surface area contributed by atoms with E-state index < -0.39 is 17.7 Å². The van der Waals surface area contributed by atoms with Crippen LogP contribution in [-0.2, 0) is 28.5 Å². The number of ether oxygens (including phenoxy) is 5. The average molecular weight is 420 g/mol. The number of rotatable bonds is 6. The van der Waals surface area contributed by atoms with E-state index in [9.17, 15) is 4.79 Å². The molecule has 0 aliphatic carbocycles. The fraction of sp³-hybridized carbons (Fsp3) is 0.870. The number of methoxy groups -OCH3 is 2. The summed E-state index contributed by atoms with van der Waals surface area (Å²) in [6.07, 6.45) is 5.24. The maximum absolute atomic E-state index is 12.4. The minimum absolute atomic E-state index is 0.00678. The topological polar surface area (TPSA) is 66.5 Å². The molecule has 0 aromatic carbocycles. The fourth-order valence-corrected chi connectivity index (χ4v) is 8.36. The lowest BCUT2D eigenvalue weighted by atomic mass is 9.68. The number of unbranched alkanes of at least 4 members (excludes halogenated alkanes) is 1. The van der Waals surface area contributed by atoms with Gasteiger partial charge in [0.2, 0.25) is 11.9 Å². The number of hydrogen-bond donors (Lipinski definition) is 0. The summed E-state index contributed by atoms with van der Waals surface area (Å²) in [6.45, 7) is 7.30. The van der Waals surface area contributed by atoms with Gasteiger partial charge in [-0.3, -0.25) is 4.90 Å².